The second-order valence-electron chi connectivity index (χ2n) is 4.33. The average Bonchev–Trinajstić information content (AvgIpc) is 2.46. The van der Waals surface area contributed by atoms with Crippen LogP contribution in [0.5, 0.6) is 0 Å². The molecule has 1 aromatic heterocycles. The van der Waals surface area contributed by atoms with Crippen LogP contribution in [-0.4, -0.2) is 10.9 Å². The van der Waals surface area contributed by atoms with Gasteiger partial charge in [0, 0.05) is 11.5 Å². The topological polar surface area (TPSA) is 67.5 Å². The van der Waals surface area contributed by atoms with Crippen molar-refractivity contribution in [1.82, 2.24) is 0 Å². The van der Waals surface area contributed by atoms with Gasteiger partial charge in [-0.05, 0) is 22.9 Å². The second kappa shape index (κ2) is 4.66. The average molecular weight is 266 g/mol. The third-order valence-electron chi connectivity index (χ3n) is 3.13. The highest BCUT2D eigenvalue weighted by Gasteiger charge is 2.12. The molecule has 0 atom stereocenters. The van der Waals surface area contributed by atoms with Gasteiger partial charge in [0.15, 0.2) is 5.78 Å². The maximum absolute atomic E-state index is 11.8. The first-order chi connectivity index (χ1) is 9.70. The summed E-state index contributed by atoms with van der Waals surface area (Å²) in [6, 6.07) is 12.7. The van der Waals surface area contributed by atoms with E-state index in [0.29, 0.717) is 17.2 Å². The van der Waals surface area contributed by atoms with Crippen molar-refractivity contribution < 1.29 is 14.3 Å². The lowest BCUT2D eigenvalue weighted by Gasteiger charge is -2.03. The molecule has 1 heterocycles. The summed E-state index contributed by atoms with van der Waals surface area (Å²) in [6.07, 6.45) is 1.53. The van der Waals surface area contributed by atoms with Crippen LogP contribution in [0.3, 0.4) is 0 Å². The van der Waals surface area contributed by atoms with Gasteiger partial charge in [0.25, 0.3) is 0 Å². The molecule has 0 aliphatic carbocycles. The largest absolute Gasteiger partial charge is 0.515 e. The summed E-state index contributed by atoms with van der Waals surface area (Å²) in [6.45, 7) is 0. The first-order valence-electron chi connectivity index (χ1n) is 6.01. The third kappa shape index (κ3) is 1.87. The van der Waals surface area contributed by atoms with Gasteiger partial charge in [0.05, 0.1) is 6.26 Å². The van der Waals surface area contributed by atoms with Crippen molar-refractivity contribution in [2.45, 2.75) is 0 Å². The molecule has 4 nitrogen and oxygen atoms in total. The van der Waals surface area contributed by atoms with E-state index in [9.17, 15) is 9.59 Å². The van der Waals surface area contributed by atoms with Gasteiger partial charge in [-0.25, -0.2) is 4.79 Å². The number of allylic oxidation sites excluding steroid dienone is 1. The maximum atomic E-state index is 11.8. The Balaban J connectivity index is 2.40. The number of carbonyl (C=O) groups is 1. The van der Waals surface area contributed by atoms with E-state index in [-0.39, 0.29) is 5.56 Å². The molecule has 0 bridgehead atoms. The molecule has 0 unspecified atom stereocenters. The molecule has 0 radical (unpaired) electrons. The van der Waals surface area contributed by atoms with E-state index in [2.05, 4.69) is 0 Å². The van der Waals surface area contributed by atoms with Crippen LogP contribution in [0.25, 0.3) is 21.7 Å². The van der Waals surface area contributed by atoms with E-state index >= 15 is 0 Å². The van der Waals surface area contributed by atoms with Crippen molar-refractivity contribution in [3.05, 3.63) is 70.8 Å². The number of hydrogen-bond donors (Lipinski definition) is 1. The lowest BCUT2D eigenvalue weighted by Crippen LogP contribution is -2.12. The molecule has 0 aliphatic heterocycles. The van der Waals surface area contributed by atoms with Gasteiger partial charge in [-0.3, -0.25) is 4.79 Å². The Labute approximate surface area is 113 Å². The predicted molar refractivity (Wildman–Crippen MR) is 76.1 cm³/mol. The van der Waals surface area contributed by atoms with Gasteiger partial charge in [0.1, 0.15) is 11.1 Å². The number of aliphatic hydroxyl groups excluding tert-OH is 1. The molecule has 0 saturated carbocycles. The zero-order valence-electron chi connectivity index (χ0n) is 10.4. The Bertz CT molecular complexity index is 903. The molecule has 3 aromatic rings. The number of carbonyl (C=O) groups excluding carboxylic acids is 1. The molecule has 3 rings (SSSR count). The van der Waals surface area contributed by atoms with E-state index in [0.717, 1.165) is 16.8 Å². The van der Waals surface area contributed by atoms with Crippen molar-refractivity contribution >= 4 is 27.5 Å². The quantitative estimate of drug-likeness (QED) is 0.254. The van der Waals surface area contributed by atoms with Crippen LogP contribution in [0, 0.1) is 0 Å². The second-order valence-corrected chi connectivity index (χ2v) is 4.33. The molecule has 2 aromatic carbocycles. The van der Waals surface area contributed by atoms with Crippen LogP contribution >= 0.6 is 0 Å². The minimum absolute atomic E-state index is 0.0980. The maximum Gasteiger partial charge on any atom is 0.347 e. The summed E-state index contributed by atoms with van der Waals surface area (Å²) in [5.74, 6) is -0.587. The highest BCUT2D eigenvalue weighted by molar-refractivity contribution is 6.10. The van der Waals surface area contributed by atoms with Gasteiger partial charge in [-0.15, -0.1) is 0 Å². The van der Waals surface area contributed by atoms with Crippen molar-refractivity contribution in [2.24, 2.45) is 0 Å². The highest BCUT2D eigenvalue weighted by Crippen LogP contribution is 2.24. The monoisotopic (exact) mass is 266 g/mol. The smallest absolute Gasteiger partial charge is 0.347 e. The Hall–Kier alpha value is -2.88. The molecule has 0 spiro atoms. The van der Waals surface area contributed by atoms with E-state index in [1.54, 1.807) is 6.07 Å². The summed E-state index contributed by atoms with van der Waals surface area (Å²) in [5.41, 5.74) is -0.381. The minimum Gasteiger partial charge on any atom is -0.515 e. The Morgan fingerprint density at radius 2 is 1.90 bits per heavy atom. The fourth-order valence-electron chi connectivity index (χ4n) is 2.20. The van der Waals surface area contributed by atoms with Crippen LogP contribution in [0.2, 0.25) is 0 Å². The standard InChI is InChI=1S/C16H10O4/c17-8-7-14(18)13-9-12-11-4-2-1-3-10(11)5-6-15(12)20-16(13)19/h1-9,17H. The van der Waals surface area contributed by atoms with Gasteiger partial charge in [0.2, 0.25) is 0 Å². The molecule has 0 amide bonds. The van der Waals surface area contributed by atoms with Crippen LogP contribution < -0.4 is 5.63 Å². The summed E-state index contributed by atoms with van der Waals surface area (Å²) >= 11 is 0. The molecule has 0 saturated heterocycles. The van der Waals surface area contributed by atoms with Gasteiger partial charge in [-0.1, -0.05) is 30.3 Å². The lowest BCUT2D eigenvalue weighted by atomic mass is 10.0. The SMILES string of the molecule is O=C(C=CO)c1cc2c(ccc3ccccc32)oc1=O. The number of aliphatic hydroxyl groups is 1. The zero-order chi connectivity index (χ0) is 14.1. The Kier molecular flexibility index (Phi) is 2.84. The molecule has 98 valence electrons. The predicted octanol–water partition coefficient (Wildman–Crippen LogP) is 3.20. The summed E-state index contributed by atoms with van der Waals surface area (Å²) in [4.78, 5) is 23.5. The number of benzene rings is 2. The van der Waals surface area contributed by atoms with Crippen molar-refractivity contribution in [1.29, 1.82) is 0 Å². The summed E-state index contributed by atoms with van der Waals surface area (Å²) < 4.78 is 5.18. The van der Waals surface area contributed by atoms with Crippen LogP contribution in [-0.2, 0) is 0 Å². The number of fused-ring (bicyclic) bond motifs is 3. The number of hydrogen-bond acceptors (Lipinski definition) is 4. The lowest BCUT2D eigenvalue weighted by molar-refractivity contribution is 0.104. The van der Waals surface area contributed by atoms with Crippen LogP contribution in [0.1, 0.15) is 10.4 Å². The molecular formula is C16H10O4. The Morgan fingerprint density at radius 1 is 1.10 bits per heavy atom. The first kappa shape index (κ1) is 12.2. The minimum atomic E-state index is -0.712. The molecule has 20 heavy (non-hydrogen) atoms. The third-order valence-corrected chi connectivity index (χ3v) is 3.13. The fraction of sp³-hybridized carbons (Fsp3) is 0. The molecule has 1 N–H and O–H groups in total. The zero-order valence-corrected chi connectivity index (χ0v) is 10.4. The van der Waals surface area contributed by atoms with Crippen molar-refractivity contribution in [2.75, 3.05) is 0 Å². The van der Waals surface area contributed by atoms with E-state index in [4.69, 9.17) is 9.52 Å². The summed E-state index contributed by atoms with van der Waals surface area (Å²) in [5, 5.41) is 11.2. The van der Waals surface area contributed by atoms with E-state index < -0.39 is 11.4 Å². The molecule has 4 heteroatoms. The first-order valence-corrected chi connectivity index (χ1v) is 6.01. The highest BCUT2D eigenvalue weighted by atomic mass is 16.4. The van der Waals surface area contributed by atoms with E-state index in [1.807, 2.05) is 30.3 Å². The Morgan fingerprint density at radius 3 is 2.70 bits per heavy atom. The molecule has 0 fully saturated rings. The van der Waals surface area contributed by atoms with Crippen LogP contribution in [0.4, 0.5) is 0 Å². The number of ketones is 1. The number of rotatable bonds is 2. The van der Waals surface area contributed by atoms with E-state index in [1.165, 1.54) is 6.07 Å². The summed E-state index contributed by atoms with van der Waals surface area (Å²) in [7, 11) is 0. The molecule has 0 aliphatic rings. The van der Waals surface area contributed by atoms with Gasteiger partial charge < -0.3 is 9.52 Å². The normalized spacial score (nSPS) is 11.4. The molecular weight excluding hydrogens is 256 g/mol. The van der Waals surface area contributed by atoms with Crippen molar-refractivity contribution in [3.63, 3.8) is 0 Å². The van der Waals surface area contributed by atoms with Gasteiger partial charge >= 0.3 is 5.63 Å². The fourth-order valence-corrected chi connectivity index (χ4v) is 2.20. The van der Waals surface area contributed by atoms with Crippen LogP contribution in [0.15, 0.2) is 64.0 Å². The van der Waals surface area contributed by atoms with Crippen molar-refractivity contribution in [3.8, 4) is 0 Å². The van der Waals surface area contributed by atoms with Gasteiger partial charge in [-0.2, -0.15) is 0 Å².